The standard InChI is InChI=1S/C18H25NO2/c20-18(11-6-12-21-17-9-2-1-3-10-17)19-13-15-7-4-5-8-16(15)14-19/h1-3,9-10,15-16H,4-8,11-14H2. The first-order valence-electron chi connectivity index (χ1n) is 8.28. The molecule has 1 saturated carbocycles. The lowest BCUT2D eigenvalue weighted by Crippen LogP contribution is -2.29. The second-order valence-electron chi connectivity index (χ2n) is 6.37. The van der Waals surface area contributed by atoms with Crippen molar-refractivity contribution in [1.29, 1.82) is 0 Å². The summed E-state index contributed by atoms with van der Waals surface area (Å²) in [6.07, 6.45) is 6.78. The summed E-state index contributed by atoms with van der Waals surface area (Å²) < 4.78 is 5.64. The predicted molar refractivity (Wildman–Crippen MR) is 83.2 cm³/mol. The Morgan fingerprint density at radius 3 is 2.43 bits per heavy atom. The van der Waals surface area contributed by atoms with E-state index in [0.717, 1.165) is 37.1 Å². The van der Waals surface area contributed by atoms with Crippen LogP contribution in [0.4, 0.5) is 0 Å². The van der Waals surface area contributed by atoms with Gasteiger partial charge in [-0.2, -0.15) is 0 Å². The van der Waals surface area contributed by atoms with Gasteiger partial charge in [-0.05, 0) is 43.2 Å². The van der Waals surface area contributed by atoms with Crippen LogP contribution in [0, 0.1) is 11.8 Å². The number of carbonyl (C=O) groups is 1. The van der Waals surface area contributed by atoms with Crippen molar-refractivity contribution in [3.63, 3.8) is 0 Å². The van der Waals surface area contributed by atoms with Crippen LogP contribution in [0.5, 0.6) is 5.75 Å². The fraction of sp³-hybridized carbons (Fsp3) is 0.611. The van der Waals surface area contributed by atoms with Crippen LogP contribution in [-0.4, -0.2) is 30.5 Å². The van der Waals surface area contributed by atoms with Gasteiger partial charge in [-0.15, -0.1) is 0 Å². The molecular weight excluding hydrogens is 262 g/mol. The summed E-state index contributed by atoms with van der Waals surface area (Å²) in [4.78, 5) is 14.4. The van der Waals surface area contributed by atoms with Gasteiger partial charge < -0.3 is 9.64 Å². The minimum absolute atomic E-state index is 0.320. The third-order valence-electron chi connectivity index (χ3n) is 4.88. The van der Waals surface area contributed by atoms with E-state index in [9.17, 15) is 4.79 Å². The number of carbonyl (C=O) groups excluding carboxylic acids is 1. The number of benzene rings is 1. The fourth-order valence-corrected chi connectivity index (χ4v) is 3.70. The summed E-state index contributed by atoms with van der Waals surface area (Å²) in [6, 6.07) is 9.81. The highest BCUT2D eigenvalue weighted by atomic mass is 16.5. The van der Waals surface area contributed by atoms with Crippen molar-refractivity contribution in [2.45, 2.75) is 38.5 Å². The number of ether oxygens (including phenoxy) is 1. The molecule has 21 heavy (non-hydrogen) atoms. The van der Waals surface area contributed by atoms with E-state index >= 15 is 0 Å². The van der Waals surface area contributed by atoms with Gasteiger partial charge in [-0.1, -0.05) is 31.0 Å². The normalized spacial score (nSPS) is 24.7. The molecule has 2 aliphatic rings. The Morgan fingerprint density at radius 1 is 1.10 bits per heavy atom. The van der Waals surface area contributed by atoms with E-state index in [1.54, 1.807) is 0 Å². The molecule has 3 rings (SSSR count). The molecule has 0 bridgehead atoms. The molecule has 0 spiro atoms. The molecule has 2 atom stereocenters. The second-order valence-corrected chi connectivity index (χ2v) is 6.37. The van der Waals surface area contributed by atoms with Crippen LogP contribution in [0.25, 0.3) is 0 Å². The molecule has 0 aromatic heterocycles. The van der Waals surface area contributed by atoms with E-state index in [-0.39, 0.29) is 0 Å². The van der Waals surface area contributed by atoms with Crippen molar-refractivity contribution in [2.75, 3.05) is 19.7 Å². The van der Waals surface area contributed by atoms with Gasteiger partial charge in [-0.3, -0.25) is 4.79 Å². The summed E-state index contributed by atoms with van der Waals surface area (Å²) in [5, 5.41) is 0. The smallest absolute Gasteiger partial charge is 0.222 e. The van der Waals surface area contributed by atoms with E-state index < -0.39 is 0 Å². The number of amides is 1. The Morgan fingerprint density at radius 2 is 1.76 bits per heavy atom. The van der Waals surface area contributed by atoms with Crippen molar-refractivity contribution >= 4 is 5.91 Å². The van der Waals surface area contributed by atoms with Crippen LogP contribution in [-0.2, 0) is 4.79 Å². The molecule has 1 amide bonds. The van der Waals surface area contributed by atoms with Gasteiger partial charge in [0.05, 0.1) is 6.61 Å². The molecule has 1 saturated heterocycles. The van der Waals surface area contributed by atoms with Gasteiger partial charge in [0.25, 0.3) is 0 Å². The molecule has 2 fully saturated rings. The lowest BCUT2D eigenvalue weighted by Gasteiger charge is -2.22. The summed E-state index contributed by atoms with van der Waals surface area (Å²) in [5.74, 6) is 2.77. The Labute approximate surface area is 127 Å². The molecule has 1 aromatic rings. The zero-order chi connectivity index (χ0) is 14.5. The van der Waals surface area contributed by atoms with Crippen molar-refractivity contribution < 1.29 is 9.53 Å². The van der Waals surface area contributed by atoms with Gasteiger partial charge in [-0.25, -0.2) is 0 Å². The highest BCUT2D eigenvalue weighted by Crippen LogP contribution is 2.36. The van der Waals surface area contributed by atoms with Crippen LogP contribution in [0.3, 0.4) is 0 Å². The minimum atomic E-state index is 0.320. The van der Waals surface area contributed by atoms with Crippen LogP contribution < -0.4 is 4.74 Å². The number of hydrogen-bond donors (Lipinski definition) is 0. The zero-order valence-electron chi connectivity index (χ0n) is 12.7. The Kier molecular flexibility index (Phi) is 4.79. The van der Waals surface area contributed by atoms with Crippen molar-refractivity contribution in [2.24, 2.45) is 11.8 Å². The molecule has 114 valence electrons. The Bertz CT molecular complexity index is 446. The third-order valence-corrected chi connectivity index (χ3v) is 4.88. The topological polar surface area (TPSA) is 29.5 Å². The van der Waals surface area contributed by atoms with Gasteiger partial charge in [0, 0.05) is 19.5 Å². The Balaban J connectivity index is 1.37. The number of likely N-dealkylation sites (tertiary alicyclic amines) is 1. The maximum atomic E-state index is 12.3. The highest BCUT2D eigenvalue weighted by molar-refractivity contribution is 5.76. The van der Waals surface area contributed by atoms with E-state index in [4.69, 9.17) is 4.74 Å². The molecule has 1 heterocycles. The third kappa shape index (κ3) is 3.78. The molecule has 2 unspecified atom stereocenters. The van der Waals surface area contributed by atoms with Gasteiger partial charge >= 0.3 is 0 Å². The summed E-state index contributed by atoms with van der Waals surface area (Å²) >= 11 is 0. The van der Waals surface area contributed by atoms with Crippen LogP contribution in [0.2, 0.25) is 0 Å². The first-order valence-corrected chi connectivity index (χ1v) is 8.28. The number of fused-ring (bicyclic) bond motifs is 1. The predicted octanol–water partition coefficient (Wildman–Crippen LogP) is 3.49. The number of nitrogens with zero attached hydrogens (tertiary/aromatic N) is 1. The average molecular weight is 287 g/mol. The van der Waals surface area contributed by atoms with Crippen molar-refractivity contribution in [1.82, 2.24) is 4.90 Å². The van der Waals surface area contributed by atoms with E-state index in [1.807, 2.05) is 30.3 Å². The van der Waals surface area contributed by atoms with Gasteiger partial charge in [0.1, 0.15) is 5.75 Å². The second kappa shape index (κ2) is 6.97. The van der Waals surface area contributed by atoms with Gasteiger partial charge in [0.15, 0.2) is 0 Å². The van der Waals surface area contributed by atoms with Gasteiger partial charge in [0.2, 0.25) is 5.91 Å². The van der Waals surface area contributed by atoms with Crippen molar-refractivity contribution in [3.05, 3.63) is 30.3 Å². The molecule has 1 aliphatic heterocycles. The first-order chi connectivity index (χ1) is 10.3. The van der Waals surface area contributed by atoms with E-state index in [2.05, 4.69) is 4.90 Å². The largest absolute Gasteiger partial charge is 0.494 e. The van der Waals surface area contributed by atoms with Crippen LogP contribution in [0.15, 0.2) is 30.3 Å². The molecule has 1 aromatic carbocycles. The average Bonchev–Trinajstić information content (AvgIpc) is 2.96. The Hall–Kier alpha value is -1.51. The summed E-state index contributed by atoms with van der Waals surface area (Å²) in [7, 11) is 0. The van der Waals surface area contributed by atoms with Crippen LogP contribution in [0.1, 0.15) is 38.5 Å². The lowest BCUT2D eigenvalue weighted by molar-refractivity contribution is -0.130. The molecular formula is C18H25NO2. The molecule has 3 nitrogen and oxygen atoms in total. The van der Waals surface area contributed by atoms with E-state index in [0.29, 0.717) is 18.9 Å². The van der Waals surface area contributed by atoms with E-state index in [1.165, 1.54) is 25.7 Å². The SMILES string of the molecule is O=C(CCCOc1ccccc1)N1CC2CCCCC2C1. The highest BCUT2D eigenvalue weighted by Gasteiger charge is 2.35. The monoisotopic (exact) mass is 287 g/mol. The zero-order valence-corrected chi connectivity index (χ0v) is 12.7. The summed E-state index contributed by atoms with van der Waals surface area (Å²) in [5.41, 5.74) is 0. The molecule has 0 N–H and O–H groups in total. The lowest BCUT2D eigenvalue weighted by atomic mass is 9.82. The molecule has 3 heteroatoms. The quantitative estimate of drug-likeness (QED) is 0.776. The maximum Gasteiger partial charge on any atom is 0.222 e. The molecule has 1 aliphatic carbocycles. The van der Waals surface area contributed by atoms with Crippen molar-refractivity contribution in [3.8, 4) is 5.75 Å². The minimum Gasteiger partial charge on any atom is -0.494 e. The number of rotatable bonds is 5. The molecule has 0 radical (unpaired) electrons. The maximum absolute atomic E-state index is 12.3. The summed E-state index contributed by atoms with van der Waals surface area (Å²) in [6.45, 7) is 2.63. The number of hydrogen-bond acceptors (Lipinski definition) is 2. The number of para-hydroxylation sites is 1. The fourth-order valence-electron chi connectivity index (χ4n) is 3.70. The van der Waals surface area contributed by atoms with Crippen LogP contribution >= 0.6 is 0 Å². The first kappa shape index (κ1) is 14.4.